The standard InChI is InChI=1S/C13H24N2O2S2/c1-5-11(6-2)15-19(16,17)13-8-7-12(18-13)9-14-10(3)4/h7-8,10-11,14-15H,5-6,9H2,1-4H3. The molecule has 0 aromatic carbocycles. The molecule has 0 fully saturated rings. The molecule has 0 aliphatic carbocycles. The van der Waals surface area contributed by atoms with Gasteiger partial charge in [0.2, 0.25) is 10.0 Å². The van der Waals surface area contributed by atoms with Gasteiger partial charge < -0.3 is 5.32 Å². The summed E-state index contributed by atoms with van der Waals surface area (Å²) in [6.45, 7) is 8.83. The van der Waals surface area contributed by atoms with Gasteiger partial charge in [0.25, 0.3) is 0 Å². The van der Waals surface area contributed by atoms with Crippen molar-refractivity contribution in [3.63, 3.8) is 0 Å². The van der Waals surface area contributed by atoms with Gasteiger partial charge in [-0.2, -0.15) is 0 Å². The maximum absolute atomic E-state index is 12.2. The highest BCUT2D eigenvalue weighted by Gasteiger charge is 2.19. The van der Waals surface area contributed by atoms with Gasteiger partial charge in [0.1, 0.15) is 4.21 Å². The highest BCUT2D eigenvalue weighted by molar-refractivity contribution is 7.91. The second kappa shape index (κ2) is 7.38. The first-order valence-corrected chi connectivity index (χ1v) is 9.03. The number of nitrogens with one attached hydrogen (secondary N) is 2. The monoisotopic (exact) mass is 304 g/mol. The van der Waals surface area contributed by atoms with Gasteiger partial charge in [0, 0.05) is 23.5 Å². The van der Waals surface area contributed by atoms with Crippen LogP contribution in [0, 0.1) is 0 Å². The van der Waals surface area contributed by atoms with Gasteiger partial charge in [0.05, 0.1) is 0 Å². The molecule has 0 saturated carbocycles. The predicted molar refractivity (Wildman–Crippen MR) is 81.0 cm³/mol. The molecule has 0 unspecified atom stereocenters. The van der Waals surface area contributed by atoms with Crippen LogP contribution < -0.4 is 10.0 Å². The zero-order valence-electron chi connectivity index (χ0n) is 12.1. The Morgan fingerprint density at radius 1 is 1.21 bits per heavy atom. The highest BCUT2D eigenvalue weighted by Crippen LogP contribution is 2.22. The van der Waals surface area contributed by atoms with Gasteiger partial charge in [-0.05, 0) is 25.0 Å². The zero-order valence-corrected chi connectivity index (χ0v) is 13.7. The minimum Gasteiger partial charge on any atom is -0.310 e. The van der Waals surface area contributed by atoms with E-state index in [1.807, 2.05) is 19.9 Å². The number of thiophene rings is 1. The molecule has 6 heteroatoms. The van der Waals surface area contributed by atoms with Gasteiger partial charge in [-0.25, -0.2) is 13.1 Å². The van der Waals surface area contributed by atoms with Gasteiger partial charge in [-0.1, -0.05) is 27.7 Å². The minimum atomic E-state index is -3.36. The fourth-order valence-corrected chi connectivity index (χ4v) is 4.36. The number of hydrogen-bond acceptors (Lipinski definition) is 4. The molecule has 1 aromatic heterocycles. The molecule has 1 heterocycles. The lowest BCUT2D eigenvalue weighted by atomic mass is 10.2. The summed E-state index contributed by atoms with van der Waals surface area (Å²) < 4.78 is 27.5. The summed E-state index contributed by atoms with van der Waals surface area (Å²) in [5.74, 6) is 0. The fraction of sp³-hybridized carbons (Fsp3) is 0.692. The summed E-state index contributed by atoms with van der Waals surface area (Å²) in [6, 6.07) is 3.98. The van der Waals surface area contributed by atoms with E-state index in [0.29, 0.717) is 16.8 Å². The summed E-state index contributed by atoms with van der Waals surface area (Å²) in [7, 11) is -3.36. The maximum atomic E-state index is 12.2. The van der Waals surface area contributed by atoms with Crippen LogP contribution in [0.25, 0.3) is 0 Å². The molecule has 1 aromatic rings. The van der Waals surface area contributed by atoms with Crippen molar-refractivity contribution in [1.29, 1.82) is 0 Å². The second-order valence-corrected chi connectivity index (χ2v) is 8.00. The fourth-order valence-electron chi connectivity index (χ4n) is 1.64. The molecule has 0 spiro atoms. The van der Waals surface area contributed by atoms with Crippen LogP contribution in [0.15, 0.2) is 16.3 Å². The molecule has 110 valence electrons. The van der Waals surface area contributed by atoms with E-state index in [1.165, 1.54) is 11.3 Å². The quantitative estimate of drug-likeness (QED) is 0.776. The Bertz CT molecular complexity index is 477. The molecule has 0 bridgehead atoms. The van der Waals surface area contributed by atoms with Crippen LogP contribution >= 0.6 is 11.3 Å². The Labute approximate surface area is 120 Å². The second-order valence-electron chi connectivity index (χ2n) is 4.89. The Hall–Kier alpha value is -0.430. The minimum absolute atomic E-state index is 0.0179. The normalized spacial score (nSPS) is 12.5. The maximum Gasteiger partial charge on any atom is 0.250 e. The first kappa shape index (κ1) is 16.6. The third-order valence-corrected chi connectivity index (χ3v) is 5.99. The first-order valence-electron chi connectivity index (χ1n) is 6.73. The Morgan fingerprint density at radius 2 is 1.84 bits per heavy atom. The van der Waals surface area contributed by atoms with Gasteiger partial charge in [-0.15, -0.1) is 11.3 Å². The first-order chi connectivity index (χ1) is 8.89. The van der Waals surface area contributed by atoms with E-state index in [1.54, 1.807) is 6.07 Å². The third-order valence-electron chi connectivity index (χ3n) is 2.89. The van der Waals surface area contributed by atoms with Crippen molar-refractivity contribution in [1.82, 2.24) is 10.0 Å². The molecule has 4 nitrogen and oxygen atoms in total. The van der Waals surface area contributed by atoms with Crippen molar-refractivity contribution in [2.75, 3.05) is 0 Å². The van der Waals surface area contributed by atoms with Crippen molar-refractivity contribution in [3.8, 4) is 0 Å². The van der Waals surface area contributed by atoms with Crippen LogP contribution in [0.1, 0.15) is 45.4 Å². The number of hydrogen-bond donors (Lipinski definition) is 2. The summed E-state index contributed by atoms with van der Waals surface area (Å²) in [6.07, 6.45) is 1.62. The van der Waals surface area contributed by atoms with E-state index in [4.69, 9.17) is 0 Å². The lowest BCUT2D eigenvalue weighted by molar-refractivity contribution is 0.531. The molecule has 0 saturated heterocycles. The molecule has 0 radical (unpaired) electrons. The Kier molecular flexibility index (Phi) is 6.46. The van der Waals surface area contributed by atoms with Crippen LogP contribution in [0.5, 0.6) is 0 Å². The third kappa shape index (κ3) is 5.22. The molecule has 2 N–H and O–H groups in total. The van der Waals surface area contributed by atoms with E-state index < -0.39 is 10.0 Å². The van der Waals surface area contributed by atoms with E-state index >= 15 is 0 Å². The molecular formula is C13H24N2O2S2. The average molecular weight is 304 g/mol. The molecule has 0 amide bonds. The molecular weight excluding hydrogens is 280 g/mol. The average Bonchev–Trinajstić information content (AvgIpc) is 2.83. The van der Waals surface area contributed by atoms with Crippen molar-refractivity contribution in [2.45, 2.75) is 63.4 Å². The van der Waals surface area contributed by atoms with Crippen molar-refractivity contribution in [2.24, 2.45) is 0 Å². The van der Waals surface area contributed by atoms with Crippen LogP contribution in [0.4, 0.5) is 0 Å². The van der Waals surface area contributed by atoms with Crippen molar-refractivity contribution < 1.29 is 8.42 Å². The molecule has 0 aliphatic heterocycles. The van der Waals surface area contributed by atoms with Crippen LogP contribution in [0.3, 0.4) is 0 Å². The topological polar surface area (TPSA) is 58.2 Å². The van der Waals surface area contributed by atoms with E-state index in [9.17, 15) is 8.42 Å². The van der Waals surface area contributed by atoms with Crippen LogP contribution in [-0.4, -0.2) is 20.5 Å². The highest BCUT2D eigenvalue weighted by atomic mass is 32.2. The Balaban J connectivity index is 2.74. The lowest BCUT2D eigenvalue weighted by Crippen LogP contribution is -2.33. The summed E-state index contributed by atoms with van der Waals surface area (Å²) in [5, 5.41) is 3.28. The predicted octanol–water partition coefficient (Wildman–Crippen LogP) is 2.71. The SMILES string of the molecule is CCC(CC)NS(=O)(=O)c1ccc(CNC(C)C)s1. The zero-order chi connectivity index (χ0) is 14.5. The lowest BCUT2D eigenvalue weighted by Gasteiger charge is -2.13. The summed E-state index contributed by atoms with van der Waals surface area (Å²) in [4.78, 5) is 1.04. The van der Waals surface area contributed by atoms with E-state index in [0.717, 1.165) is 17.7 Å². The van der Waals surface area contributed by atoms with Gasteiger partial charge in [0.15, 0.2) is 0 Å². The largest absolute Gasteiger partial charge is 0.310 e. The molecule has 0 atom stereocenters. The molecule has 1 rings (SSSR count). The molecule has 19 heavy (non-hydrogen) atoms. The van der Waals surface area contributed by atoms with Gasteiger partial charge in [-0.3, -0.25) is 0 Å². The van der Waals surface area contributed by atoms with Crippen molar-refractivity contribution >= 4 is 21.4 Å². The smallest absolute Gasteiger partial charge is 0.250 e. The van der Waals surface area contributed by atoms with E-state index in [-0.39, 0.29) is 6.04 Å². The van der Waals surface area contributed by atoms with Crippen LogP contribution in [0.2, 0.25) is 0 Å². The Morgan fingerprint density at radius 3 is 2.37 bits per heavy atom. The summed E-state index contributed by atoms with van der Waals surface area (Å²) in [5.41, 5.74) is 0. The van der Waals surface area contributed by atoms with Crippen LogP contribution in [-0.2, 0) is 16.6 Å². The number of sulfonamides is 1. The van der Waals surface area contributed by atoms with Crippen molar-refractivity contribution in [3.05, 3.63) is 17.0 Å². The summed E-state index contributed by atoms with van der Waals surface area (Å²) >= 11 is 1.33. The van der Waals surface area contributed by atoms with E-state index in [2.05, 4.69) is 23.9 Å². The van der Waals surface area contributed by atoms with Gasteiger partial charge >= 0.3 is 0 Å². The number of rotatable bonds is 8. The molecule has 0 aliphatic rings.